The van der Waals surface area contributed by atoms with Crippen molar-refractivity contribution in [3.63, 3.8) is 0 Å². The van der Waals surface area contributed by atoms with Crippen LogP contribution in [0.25, 0.3) is 0 Å². The smallest absolute Gasteiger partial charge is 0.228 e. The highest BCUT2D eigenvalue weighted by Crippen LogP contribution is 2.47. The highest BCUT2D eigenvalue weighted by molar-refractivity contribution is 7.14. The van der Waals surface area contributed by atoms with Crippen LogP contribution in [-0.2, 0) is 4.79 Å². The van der Waals surface area contributed by atoms with Crippen LogP contribution in [0.2, 0.25) is 0 Å². The average Bonchev–Trinajstić information content (AvgIpc) is 3.39. The molecular weight excluding hydrogens is 368 g/mol. The number of carbonyl (C=O) groups excluding carboxylic acids is 1. The van der Waals surface area contributed by atoms with Gasteiger partial charge in [0.1, 0.15) is 10.8 Å². The first-order valence-electron chi connectivity index (χ1n) is 9.34. The summed E-state index contributed by atoms with van der Waals surface area (Å²) in [4.78, 5) is 14.5. The molecule has 0 unspecified atom stereocenters. The summed E-state index contributed by atoms with van der Waals surface area (Å²) in [5.74, 6) is 0.964. The molecule has 6 heteroatoms. The fourth-order valence-corrected chi connectivity index (χ4v) is 4.52. The molecule has 1 fully saturated rings. The summed E-state index contributed by atoms with van der Waals surface area (Å²) in [7, 11) is 0. The number of benzene rings is 2. The molecular formula is C22H20N4OS. The number of nitrogens with one attached hydrogen (secondary N) is 3. The highest BCUT2D eigenvalue weighted by atomic mass is 32.1. The summed E-state index contributed by atoms with van der Waals surface area (Å²) in [6.07, 6.45) is 0.910. The zero-order chi connectivity index (χ0) is 19.1. The largest absolute Gasteiger partial charge is 0.359 e. The molecule has 0 bridgehead atoms. The van der Waals surface area contributed by atoms with Crippen LogP contribution < -0.4 is 15.5 Å². The molecule has 1 aromatic heterocycles. The number of amidine groups is 1. The number of carbonyl (C=O) groups is 1. The van der Waals surface area contributed by atoms with Crippen LogP contribution >= 0.6 is 11.3 Å². The van der Waals surface area contributed by atoms with Crippen LogP contribution in [0.3, 0.4) is 0 Å². The van der Waals surface area contributed by atoms with E-state index >= 15 is 0 Å². The van der Waals surface area contributed by atoms with Gasteiger partial charge >= 0.3 is 0 Å². The first kappa shape index (κ1) is 17.0. The SMILES string of the molecule is N=C1c2ccsc2NCN1c1ccc(NC(=O)[C@@H]2C[C@H]2c2ccccc2)cc1. The predicted molar refractivity (Wildman–Crippen MR) is 114 cm³/mol. The minimum absolute atomic E-state index is 0.0542. The molecule has 140 valence electrons. The molecule has 1 aliphatic heterocycles. The lowest BCUT2D eigenvalue weighted by Crippen LogP contribution is -2.39. The molecule has 2 aliphatic rings. The topological polar surface area (TPSA) is 68.2 Å². The number of nitrogens with zero attached hydrogens (tertiary/aromatic N) is 1. The van der Waals surface area contributed by atoms with Crippen LogP contribution in [-0.4, -0.2) is 18.4 Å². The second-order valence-corrected chi connectivity index (χ2v) is 8.09. The number of hydrogen-bond donors (Lipinski definition) is 3. The lowest BCUT2D eigenvalue weighted by Gasteiger charge is -2.30. The summed E-state index contributed by atoms with van der Waals surface area (Å²) in [6.45, 7) is 0.568. The van der Waals surface area contributed by atoms with Crippen LogP contribution in [0.5, 0.6) is 0 Å². The summed E-state index contributed by atoms with van der Waals surface area (Å²) in [5, 5.41) is 17.9. The molecule has 3 N–H and O–H groups in total. The third-order valence-electron chi connectivity index (χ3n) is 5.39. The Morgan fingerprint density at radius 2 is 1.89 bits per heavy atom. The van der Waals surface area contributed by atoms with Gasteiger partial charge in [-0.05, 0) is 53.6 Å². The van der Waals surface area contributed by atoms with Crippen LogP contribution in [0.1, 0.15) is 23.5 Å². The van der Waals surface area contributed by atoms with Crippen molar-refractivity contribution in [1.29, 1.82) is 5.41 Å². The zero-order valence-corrected chi connectivity index (χ0v) is 16.0. The Labute approximate surface area is 167 Å². The summed E-state index contributed by atoms with van der Waals surface area (Å²) >= 11 is 1.62. The first-order chi connectivity index (χ1) is 13.7. The van der Waals surface area contributed by atoms with E-state index in [4.69, 9.17) is 5.41 Å². The van der Waals surface area contributed by atoms with E-state index in [1.165, 1.54) is 5.56 Å². The Morgan fingerprint density at radius 1 is 1.11 bits per heavy atom. The molecule has 0 spiro atoms. The van der Waals surface area contributed by atoms with Gasteiger partial charge in [-0.2, -0.15) is 0 Å². The van der Waals surface area contributed by atoms with Gasteiger partial charge in [0.25, 0.3) is 0 Å². The number of amides is 1. The molecule has 5 nitrogen and oxygen atoms in total. The lowest BCUT2D eigenvalue weighted by atomic mass is 10.1. The fraction of sp³-hybridized carbons (Fsp3) is 0.182. The van der Waals surface area contributed by atoms with Gasteiger partial charge in [-0.25, -0.2) is 0 Å². The van der Waals surface area contributed by atoms with E-state index in [9.17, 15) is 4.79 Å². The molecule has 1 aliphatic carbocycles. The average molecular weight is 388 g/mol. The van der Waals surface area contributed by atoms with E-state index in [-0.39, 0.29) is 11.8 Å². The Bertz CT molecular complexity index is 1030. The maximum absolute atomic E-state index is 12.5. The number of hydrogen-bond acceptors (Lipinski definition) is 4. The van der Waals surface area contributed by atoms with Crippen LogP contribution in [0, 0.1) is 11.3 Å². The van der Waals surface area contributed by atoms with Crippen molar-refractivity contribution < 1.29 is 4.79 Å². The fourth-order valence-electron chi connectivity index (χ4n) is 3.74. The zero-order valence-electron chi connectivity index (χ0n) is 15.2. The molecule has 28 heavy (non-hydrogen) atoms. The Morgan fingerprint density at radius 3 is 2.68 bits per heavy atom. The first-order valence-corrected chi connectivity index (χ1v) is 10.2. The van der Waals surface area contributed by atoms with Gasteiger partial charge < -0.3 is 15.5 Å². The second-order valence-electron chi connectivity index (χ2n) is 7.17. The van der Waals surface area contributed by atoms with Gasteiger partial charge in [0, 0.05) is 17.3 Å². The Balaban J connectivity index is 1.24. The molecule has 5 rings (SSSR count). The third kappa shape index (κ3) is 3.05. The lowest BCUT2D eigenvalue weighted by molar-refractivity contribution is -0.117. The molecule has 2 heterocycles. The van der Waals surface area contributed by atoms with E-state index in [1.54, 1.807) is 11.3 Å². The predicted octanol–water partition coefficient (Wildman–Crippen LogP) is 4.71. The second kappa shape index (κ2) is 6.80. The van der Waals surface area contributed by atoms with Crippen molar-refractivity contribution in [2.75, 3.05) is 22.2 Å². The van der Waals surface area contributed by atoms with E-state index in [2.05, 4.69) is 22.8 Å². The van der Waals surface area contributed by atoms with Gasteiger partial charge in [-0.1, -0.05) is 30.3 Å². The van der Waals surface area contributed by atoms with Gasteiger partial charge in [-0.3, -0.25) is 10.2 Å². The Hall–Kier alpha value is -3.12. The molecule has 0 radical (unpaired) electrons. The summed E-state index contributed by atoms with van der Waals surface area (Å²) in [6, 6.07) is 19.9. The molecule has 1 amide bonds. The summed E-state index contributed by atoms with van der Waals surface area (Å²) in [5.41, 5.74) is 3.89. The van der Waals surface area contributed by atoms with Crippen molar-refractivity contribution in [3.05, 3.63) is 77.2 Å². The van der Waals surface area contributed by atoms with Crippen molar-refractivity contribution in [3.8, 4) is 0 Å². The summed E-state index contributed by atoms with van der Waals surface area (Å²) < 4.78 is 0. The number of anilines is 3. The van der Waals surface area contributed by atoms with Crippen molar-refractivity contribution in [2.45, 2.75) is 12.3 Å². The van der Waals surface area contributed by atoms with Crippen molar-refractivity contribution in [1.82, 2.24) is 0 Å². The number of thiophene rings is 1. The number of fused-ring (bicyclic) bond motifs is 1. The quantitative estimate of drug-likeness (QED) is 0.607. The van der Waals surface area contributed by atoms with E-state index in [0.717, 1.165) is 28.4 Å². The molecule has 1 saturated carbocycles. The van der Waals surface area contributed by atoms with Gasteiger partial charge in [0.15, 0.2) is 0 Å². The van der Waals surface area contributed by atoms with Crippen LogP contribution in [0.15, 0.2) is 66.0 Å². The standard InChI is InChI=1S/C22H20N4OS/c23-20-17-10-11-28-22(17)24-13-26(20)16-8-6-15(7-9-16)25-21(27)19-12-18(19)14-4-2-1-3-5-14/h1-11,18-19,23-24H,12-13H2,(H,25,27)/t18-,19+/m0/s1. The monoisotopic (exact) mass is 388 g/mol. The molecule has 3 aromatic rings. The molecule has 0 saturated heterocycles. The van der Waals surface area contributed by atoms with E-state index < -0.39 is 0 Å². The highest BCUT2D eigenvalue weighted by Gasteiger charge is 2.43. The Kier molecular flexibility index (Phi) is 4.13. The third-order valence-corrected chi connectivity index (χ3v) is 6.26. The molecule has 2 atom stereocenters. The number of rotatable bonds is 4. The van der Waals surface area contributed by atoms with E-state index in [0.29, 0.717) is 18.4 Å². The minimum Gasteiger partial charge on any atom is -0.359 e. The maximum atomic E-state index is 12.5. The van der Waals surface area contributed by atoms with Gasteiger partial charge in [0.05, 0.1) is 12.2 Å². The normalized spacial score (nSPS) is 20.3. The maximum Gasteiger partial charge on any atom is 0.228 e. The van der Waals surface area contributed by atoms with Gasteiger partial charge in [0.2, 0.25) is 5.91 Å². The minimum atomic E-state index is 0.0542. The van der Waals surface area contributed by atoms with E-state index in [1.807, 2.05) is 58.8 Å². The van der Waals surface area contributed by atoms with Crippen molar-refractivity contribution >= 4 is 39.5 Å². The van der Waals surface area contributed by atoms with Gasteiger partial charge in [-0.15, -0.1) is 11.3 Å². The van der Waals surface area contributed by atoms with Crippen molar-refractivity contribution in [2.24, 2.45) is 5.92 Å². The van der Waals surface area contributed by atoms with Crippen LogP contribution in [0.4, 0.5) is 16.4 Å². The molecule has 2 aromatic carbocycles.